The van der Waals surface area contributed by atoms with Crippen LogP contribution in [0.1, 0.15) is 60.8 Å². The predicted molar refractivity (Wildman–Crippen MR) is 57.4 cm³/mol. The van der Waals surface area contributed by atoms with Crippen molar-refractivity contribution in [3.8, 4) is 0 Å². The first-order chi connectivity index (χ1) is 5.81. The Morgan fingerprint density at radius 1 is 1.17 bits per heavy atom. The molecule has 0 aromatic carbocycles. The van der Waals surface area contributed by atoms with Gasteiger partial charge in [0.15, 0.2) is 0 Å². The summed E-state index contributed by atoms with van der Waals surface area (Å²) in [5.74, 6) is 0.595. The van der Waals surface area contributed by atoms with Gasteiger partial charge in [0.25, 0.3) is 0 Å². The zero-order chi connectivity index (χ0) is 10.4. The average Bonchev–Trinajstić information content (AvgIpc) is 2.12. The summed E-state index contributed by atoms with van der Waals surface area (Å²) in [6.07, 6.45) is 4.10. The highest BCUT2D eigenvalue weighted by atomic mass is 16.1. The standard InChI is InChI=1S/C7H14O.2C2H6/c1-3-4-7(2)5-6-8;2*1-2/h6-7H,3-5H2,1-2H3;2*1-2H3. The van der Waals surface area contributed by atoms with Crippen LogP contribution < -0.4 is 0 Å². The Hall–Kier alpha value is -0.330. The molecule has 0 spiro atoms. The molecule has 0 aliphatic heterocycles. The molecule has 0 saturated heterocycles. The van der Waals surface area contributed by atoms with Crippen molar-refractivity contribution in [3.05, 3.63) is 0 Å². The number of hydrogen-bond donors (Lipinski definition) is 0. The number of carbonyl (C=O) groups excluding carboxylic acids is 1. The van der Waals surface area contributed by atoms with Crippen LogP contribution >= 0.6 is 0 Å². The number of hydrogen-bond acceptors (Lipinski definition) is 1. The molecule has 12 heavy (non-hydrogen) atoms. The molecule has 0 fully saturated rings. The van der Waals surface area contributed by atoms with Gasteiger partial charge in [-0.3, -0.25) is 0 Å². The lowest BCUT2D eigenvalue weighted by molar-refractivity contribution is -0.108. The van der Waals surface area contributed by atoms with E-state index in [1.165, 1.54) is 12.8 Å². The van der Waals surface area contributed by atoms with E-state index in [1.807, 2.05) is 27.7 Å². The number of rotatable bonds is 4. The maximum Gasteiger partial charge on any atom is 0.120 e. The van der Waals surface area contributed by atoms with E-state index in [4.69, 9.17) is 0 Å². The summed E-state index contributed by atoms with van der Waals surface area (Å²) in [5, 5.41) is 0. The highest BCUT2D eigenvalue weighted by molar-refractivity contribution is 5.49. The third kappa shape index (κ3) is 22.6. The van der Waals surface area contributed by atoms with Crippen molar-refractivity contribution in [1.29, 1.82) is 0 Å². The highest BCUT2D eigenvalue weighted by Crippen LogP contribution is 2.06. The van der Waals surface area contributed by atoms with Crippen LogP contribution in [-0.2, 0) is 4.79 Å². The molecular formula is C11H26O. The average molecular weight is 174 g/mol. The van der Waals surface area contributed by atoms with Gasteiger partial charge in [-0.15, -0.1) is 0 Å². The fourth-order valence-corrected chi connectivity index (χ4v) is 0.775. The van der Waals surface area contributed by atoms with Crippen LogP contribution in [0.25, 0.3) is 0 Å². The molecule has 1 atom stereocenters. The van der Waals surface area contributed by atoms with Gasteiger partial charge in [0, 0.05) is 6.42 Å². The molecule has 0 radical (unpaired) electrons. The van der Waals surface area contributed by atoms with E-state index in [9.17, 15) is 4.79 Å². The largest absolute Gasteiger partial charge is 0.303 e. The maximum atomic E-state index is 9.89. The van der Waals surface area contributed by atoms with Gasteiger partial charge in [-0.05, 0) is 5.92 Å². The molecule has 0 aromatic heterocycles. The Labute approximate surface area is 78.6 Å². The van der Waals surface area contributed by atoms with Gasteiger partial charge < -0.3 is 4.79 Å². The summed E-state index contributed by atoms with van der Waals surface area (Å²) < 4.78 is 0. The van der Waals surface area contributed by atoms with E-state index >= 15 is 0 Å². The zero-order valence-electron chi connectivity index (χ0n) is 9.68. The summed E-state index contributed by atoms with van der Waals surface area (Å²) in [7, 11) is 0. The lowest BCUT2D eigenvalue weighted by Gasteiger charge is -2.01. The molecule has 0 N–H and O–H groups in total. The first kappa shape index (κ1) is 17.7. The first-order valence-corrected chi connectivity index (χ1v) is 5.24. The lowest BCUT2D eigenvalue weighted by atomic mass is 10.0. The second-order valence-corrected chi connectivity index (χ2v) is 2.30. The zero-order valence-corrected chi connectivity index (χ0v) is 9.68. The second-order valence-electron chi connectivity index (χ2n) is 2.30. The van der Waals surface area contributed by atoms with E-state index in [0.29, 0.717) is 5.92 Å². The summed E-state index contributed by atoms with van der Waals surface area (Å²) in [6, 6.07) is 0. The molecule has 0 bridgehead atoms. The number of carbonyl (C=O) groups is 1. The van der Waals surface area contributed by atoms with Gasteiger partial charge in [-0.1, -0.05) is 54.4 Å². The fourth-order valence-electron chi connectivity index (χ4n) is 0.775. The molecular weight excluding hydrogens is 148 g/mol. The highest BCUT2D eigenvalue weighted by Gasteiger charge is 1.96. The van der Waals surface area contributed by atoms with Crippen LogP contribution in [0.3, 0.4) is 0 Å². The molecule has 0 aromatic rings. The third-order valence-corrected chi connectivity index (χ3v) is 1.28. The molecule has 0 rings (SSSR count). The van der Waals surface area contributed by atoms with Crippen molar-refractivity contribution >= 4 is 6.29 Å². The fraction of sp³-hybridized carbons (Fsp3) is 0.909. The van der Waals surface area contributed by atoms with Crippen molar-refractivity contribution in [2.75, 3.05) is 0 Å². The Bertz CT molecular complexity index is 60.0. The molecule has 0 saturated carbocycles. The van der Waals surface area contributed by atoms with E-state index in [1.54, 1.807) is 0 Å². The van der Waals surface area contributed by atoms with Crippen LogP contribution in [0, 0.1) is 5.92 Å². The van der Waals surface area contributed by atoms with Crippen LogP contribution in [0.4, 0.5) is 0 Å². The van der Waals surface area contributed by atoms with Gasteiger partial charge in [0.2, 0.25) is 0 Å². The van der Waals surface area contributed by atoms with Gasteiger partial charge in [0.1, 0.15) is 6.29 Å². The molecule has 0 aliphatic rings. The second kappa shape index (κ2) is 22.4. The van der Waals surface area contributed by atoms with Crippen molar-refractivity contribution < 1.29 is 4.79 Å². The van der Waals surface area contributed by atoms with E-state index in [0.717, 1.165) is 12.7 Å². The predicted octanol–water partition coefficient (Wildman–Crippen LogP) is 4.06. The molecule has 1 unspecified atom stereocenters. The molecule has 0 heterocycles. The minimum atomic E-state index is 0.595. The summed E-state index contributed by atoms with van der Waals surface area (Å²) in [5.41, 5.74) is 0. The van der Waals surface area contributed by atoms with E-state index in [2.05, 4.69) is 13.8 Å². The van der Waals surface area contributed by atoms with Crippen LogP contribution in [0.5, 0.6) is 0 Å². The summed E-state index contributed by atoms with van der Waals surface area (Å²) in [6.45, 7) is 12.2. The Morgan fingerprint density at radius 2 is 1.58 bits per heavy atom. The van der Waals surface area contributed by atoms with Crippen molar-refractivity contribution in [2.45, 2.75) is 60.8 Å². The molecule has 0 aliphatic carbocycles. The topological polar surface area (TPSA) is 17.1 Å². The van der Waals surface area contributed by atoms with E-state index < -0.39 is 0 Å². The molecule has 0 amide bonds. The SMILES string of the molecule is CC.CC.CCCC(C)CC=O. The van der Waals surface area contributed by atoms with Crippen LogP contribution in [0.2, 0.25) is 0 Å². The molecule has 76 valence electrons. The van der Waals surface area contributed by atoms with Gasteiger partial charge in [0.05, 0.1) is 0 Å². The molecule has 1 heteroatoms. The molecule has 1 nitrogen and oxygen atoms in total. The Kier molecular flexibility index (Phi) is 33.0. The summed E-state index contributed by atoms with van der Waals surface area (Å²) >= 11 is 0. The smallest absolute Gasteiger partial charge is 0.120 e. The van der Waals surface area contributed by atoms with Gasteiger partial charge in [-0.25, -0.2) is 0 Å². The van der Waals surface area contributed by atoms with Crippen molar-refractivity contribution in [2.24, 2.45) is 5.92 Å². The monoisotopic (exact) mass is 174 g/mol. The minimum absolute atomic E-state index is 0.595. The minimum Gasteiger partial charge on any atom is -0.303 e. The first-order valence-electron chi connectivity index (χ1n) is 5.24. The van der Waals surface area contributed by atoms with Crippen molar-refractivity contribution in [3.63, 3.8) is 0 Å². The Morgan fingerprint density at radius 3 is 1.83 bits per heavy atom. The number of aldehydes is 1. The summed E-state index contributed by atoms with van der Waals surface area (Å²) in [4.78, 5) is 9.89. The Balaban J connectivity index is -0.000000175. The maximum absolute atomic E-state index is 9.89. The van der Waals surface area contributed by atoms with Crippen LogP contribution in [-0.4, -0.2) is 6.29 Å². The van der Waals surface area contributed by atoms with Crippen LogP contribution in [0.15, 0.2) is 0 Å². The van der Waals surface area contributed by atoms with E-state index in [-0.39, 0.29) is 0 Å². The normalized spacial score (nSPS) is 9.83. The quantitative estimate of drug-likeness (QED) is 0.587. The van der Waals surface area contributed by atoms with Crippen molar-refractivity contribution in [1.82, 2.24) is 0 Å². The van der Waals surface area contributed by atoms with Gasteiger partial charge >= 0.3 is 0 Å². The lowest BCUT2D eigenvalue weighted by Crippen LogP contribution is -1.92. The van der Waals surface area contributed by atoms with Gasteiger partial charge in [-0.2, -0.15) is 0 Å². The third-order valence-electron chi connectivity index (χ3n) is 1.28.